The summed E-state index contributed by atoms with van der Waals surface area (Å²) in [4.78, 5) is 25.8. The van der Waals surface area contributed by atoms with Gasteiger partial charge in [-0.1, -0.05) is 6.92 Å². The first kappa shape index (κ1) is 15.4. The van der Waals surface area contributed by atoms with E-state index in [1.165, 1.54) is 0 Å². The van der Waals surface area contributed by atoms with Gasteiger partial charge in [0.2, 0.25) is 11.8 Å². The number of hydrogen-bond donors (Lipinski definition) is 1. The van der Waals surface area contributed by atoms with Crippen LogP contribution in [0.25, 0.3) is 0 Å². The first-order chi connectivity index (χ1) is 9.89. The lowest BCUT2D eigenvalue weighted by Crippen LogP contribution is -2.42. The first-order valence-electron chi connectivity index (χ1n) is 7.27. The quantitative estimate of drug-likeness (QED) is 0.931. The Balaban J connectivity index is 2.41. The zero-order valence-corrected chi connectivity index (χ0v) is 13.0. The molecule has 1 aliphatic heterocycles. The summed E-state index contributed by atoms with van der Waals surface area (Å²) in [7, 11) is 0. The molecule has 1 aromatic carbocycles. The van der Waals surface area contributed by atoms with Gasteiger partial charge in [-0.3, -0.25) is 9.59 Å². The van der Waals surface area contributed by atoms with E-state index in [0.29, 0.717) is 36.7 Å². The highest BCUT2D eigenvalue weighted by Crippen LogP contribution is 2.38. The lowest BCUT2D eigenvalue weighted by molar-refractivity contribution is -0.127. The molecule has 0 aliphatic carbocycles. The fraction of sp³-hybridized carbons (Fsp3) is 0.500. The maximum Gasteiger partial charge on any atom is 0.236 e. The van der Waals surface area contributed by atoms with Gasteiger partial charge in [0.1, 0.15) is 12.4 Å². The molecule has 0 aromatic heterocycles. The predicted molar refractivity (Wildman–Crippen MR) is 82.7 cm³/mol. The fourth-order valence-corrected chi connectivity index (χ4v) is 2.29. The summed E-state index contributed by atoms with van der Waals surface area (Å²) in [5.74, 6) is 0.646. The Morgan fingerprint density at radius 1 is 1.38 bits per heavy atom. The van der Waals surface area contributed by atoms with Crippen LogP contribution in [-0.2, 0) is 9.59 Å². The van der Waals surface area contributed by atoms with E-state index in [1.807, 2.05) is 20.8 Å². The minimum atomic E-state index is -0.568. The van der Waals surface area contributed by atoms with Crippen LogP contribution in [0.2, 0.25) is 0 Å². The second-order valence-electron chi connectivity index (χ2n) is 5.81. The molecule has 5 heteroatoms. The number of ether oxygens (including phenoxy) is 1. The van der Waals surface area contributed by atoms with Crippen molar-refractivity contribution in [3.8, 4) is 5.75 Å². The molecule has 0 radical (unpaired) electrons. The van der Waals surface area contributed by atoms with Crippen LogP contribution in [-0.4, -0.2) is 25.0 Å². The van der Waals surface area contributed by atoms with Crippen molar-refractivity contribution in [3.05, 3.63) is 18.2 Å². The third kappa shape index (κ3) is 3.01. The van der Waals surface area contributed by atoms with Crippen LogP contribution in [0.4, 0.5) is 11.4 Å². The Morgan fingerprint density at radius 2 is 2.10 bits per heavy atom. The van der Waals surface area contributed by atoms with Gasteiger partial charge in [0.15, 0.2) is 0 Å². The molecule has 21 heavy (non-hydrogen) atoms. The molecular formula is C16H22N2O3. The van der Waals surface area contributed by atoms with Gasteiger partial charge in [0, 0.05) is 18.7 Å². The van der Waals surface area contributed by atoms with Gasteiger partial charge in [-0.05, 0) is 39.0 Å². The number of hydrogen-bond acceptors (Lipinski definition) is 3. The molecular weight excluding hydrogens is 268 g/mol. The summed E-state index contributed by atoms with van der Waals surface area (Å²) >= 11 is 0. The Morgan fingerprint density at radius 3 is 2.71 bits per heavy atom. The van der Waals surface area contributed by atoms with Crippen LogP contribution in [0.5, 0.6) is 5.75 Å². The summed E-state index contributed by atoms with van der Waals surface area (Å²) in [6.07, 6.45) is 0.414. The van der Waals surface area contributed by atoms with E-state index in [-0.39, 0.29) is 11.8 Å². The minimum Gasteiger partial charge on any atom is -0.490 e. The smallest absolute Gasteiger partial charge is 0.236 e. The summed E-state index contributed by atoms with van der Waals surface area (Å²) in [6.45, 7) is 8.39. The van der Waals surface area contributed by atoms with E-state index in [2.05, 4.69) is 5.32 Å². The summed E-state index contributed by atoms with van der Waals surface area (Å²) < 4.78 is 5.78. The third-order valence-electron chi connectivity index (χ3n) is 3.58. The number of nitrogens with zero attached hydrogens (tertiary/aromatic N) is 1. The van der Waals surface area contributed by atoms with Crippen molar-refractivity contribution in [1.29, 1.82) is 0 Å². The minimum absolute atomic E-state index is 0.0303. The first-order valence-corrected chi connectivity index (χ1v) is 7.27. The molecule has 0 fully saturated rings. The molecule has 0 atom stereocenters. The average Bonchev–Trinajstić information content (AvgIpc) is 2.55. The predicted octanol–water partition coefficient (Wildman–Crippen LogP) is 2.81. The number of carbonyl (C=O) groups excluding carboxylic acids is 2. The molecule has 2 rings (SSSR count). The molecule has 0 spiro atoms. The van der Waals surface area contributed by atoms with Gasteiger partial charge in [-0.25, -0.2) is 0 Å². The topological polar surface area (TPSA) is 58.6 Å². The number of rotatable bonds is 3. The van der Waals surface area contributed by atoms with Crippen molar-refractivity contribution in [3.63, 3.8) is 0 Å². The van der Waals surface area contributed by atoms with Crippen LogP contribution in [0.15, 0.2) is 18.2 Å². The van der Waals surface area contributed by atoms with Crippen molar-refractivity contribution in [2.75, 3.05) is 23.4 Å². The Hall–Kier alpha value is -2.04. The lowest BCUT2D eigenvalue weighted by atomic mass is 9.93. The lowest BCUT2D eigenvalue weighted by Gasteiger charge is -2.27. The zero-order chi connectivity index (χ0) is 15.6. The van der Waals surface area contributed by atoms with E-state index in [0.717, 1.165) is 0 Å². The van der Waals surface area contributed by atoms with E-state index in [1.54, 1.807) is 30.0 Å². The number of anilines is 2. The number of carbonyl (C=O) groups is 2. The zero-order valence-electron chi connectivity index (χ0n) is 13.0. The molecule has 0 bridgehead atoms. The van der Waals surface area contributed by atoms with E-state index in [9.17, 15) is 9.59 Å². The average molecular weight is 290 g/mol. The number of benzene rings is 1. The van der Waals surface area contributed by atoms with Crippen molar-refractivity contribution in [2.45, 2.75) is 34.1 Å². The Bertz CT molecular complexity index is 567. The molecule has 1 aliphatic rings. The SMILES string of the molecule is CCC(=O)Nc1ccc2c(c1)N(CC)C(=O)C(C)(C)CO2. The van der Waals surface area contributed by atoms with Gasteiger partial charge in [-0.2, -0.15) is 0 Å². The van der Waals surface area contributed by atoms with Gasteiger partial charge in [0.25, 0.3) is 0 Å². The van der Waals surface area contributed by atoms with Crippen LogP contribution in [0, 0.1) is 5.41 Å². The van der Waals surface area contributed by atoms with Gasteiger partial charge in [0.05, 0.1) is 11.1 Å². The molecule has 1 aromatic rings. The van der Waals surface area contributed by atoms with Crippen molar-refractivity contribution in [2.24, 2.45) is 5.41 Å². The molecule has 0 unspecified atom stereocenters. The van der Waals surface area contributed by atoms with Crippen LogP contribution in [0.1, 0.15) is 34.1 Å². The van der Waals surface area contributed by atoms with E-state index >= 15 is 0 Å². The molecule has 0 saturated carbocycles. The highest BCUT2D eigenvalue weighted by Gasteiger charge is 2.37. The van der Waals surface area contributed by atoms with Crippen molar-refractivity contribution < 1.29 is 14.3 Å². The van der Waals surface area contributed by atoms with Gasteiger partial charge in [-0.15, -0.1) is 0 Å². The number of fused-ring (bicyclic) bond motifs is 1. The maximum atomic E-state index is 12.6. The largest absolute Gasteiger partial charge is 0.490 e. The van der Waals surface area contributed by atoms with Crippen LogP contribution in [0.3, 0.4) is 0 Å². The molecule has 5 nitrogen and oxygen atoms in total. The Kier molecular flexibility index (Phi) is 4.21. The fourth-order valence-electron chi connectivity index (χ4n) is 2.29. The van der Waals surface area contributed by atoms with Crippen molar-refractivity contribution >= 4 is 23.2 Å². The van der Waals surface area contributed by atoms with Crippen LogP contribution < -0.4 is 15.0 Å². The summed E-state index contributed by atoms with van der Waals surface area (Å²) in [5, 5.41) is 2.81. The summed E-state index contributed by atoms with van der Waals surface area (Å²) in [5.41, 5.74) is 0.819. The highest BCUT2D eigenvalue weighted by atomic mass is 16.5. The molecule has 0 saturated heterocycles. The number of nitrogens with one attached hydrogen (secondary N) is 1. The van der Waals surface area contributed by atoms with Gasteiger partial charge < -0.3 is 15.0 Å². The normalized spacial score (nSPS) is 16.8. The molecule has 1 heterocycles. The van der Waals surface area contributed by atoms with E-state index in [4.69, 9.17) is 4.74 Å². The van der Waals surface area contributed by atoms with E-state index < -0.39 is 5.41 Å². The maximum absolute atomic E-state index is 12.6. The third-order valence-corrected chi connectivity index (χ3v) is 3.58. The van der Waals surface area contributed by atoms with Crippen molar-refractivity contribution in [1.82, 2.24) is 0 Å². The second kappa shape index (κ2) is 5.76. The monoisotopic (exact) mass is 290 g/mol. The second-order valence-corrected chi connectivity index (χ2v) is 5.81. The molecule has 114 valence electrons. The van der Waals surface area contributed by atoms with Gasteiger partial charge >= 0.3 is 0 Å². The highest BCUT2D eigenvalue weighted by molar-refractivity contribution is 6.00. The number of amides is 2. The van der Waals surface area contributed by atoms with Crippen LogP contribution >= 0.6 is 0 Å². The molecule has 2 amide bonds. The Labute approximate surface area is 125 Å². The summed E-state index contributed by atoms with van der Waals surface area (Å²) in [6, 6.07) is 5.40. The molecule has 1 N–H and O–H groups in total. The standard InChI is InChI=1S/C16H22N2O3/c1-5-14(19)17-11-7-8-13-12(9-11)18(6-2)15(20)16(3,4)10-21-13/h7-9H,5-6,10H2,1-4H3,(H,17,19).